The Morgan fingerprint density at radius 1 is 0.870 bits per heavy atom. The lowest BCUT2D eigenvalue weighted by atomic mass is 10.1. The fraction of sp³-hybridized carbons (Fsp3) is 0.0526. The van der Waals surface area contributed by atoms with Crippen molar-refractivity contribution in [2.45, 2.75) is 6.92 Å². The number of aromatic nitrogens is 3. The molecule has 2 N–H and O–H groups in total. The SMILES string of the molecule is Cc1cc(-c2ccccc2)nc(Nc2cc3ccccc3[nH]2)n1. The first-order valence-electron chi connectivity index (χ1n) is 7.54. The number of fused-ring (bicyclic) bond motifs is 1. The fourth-order valence-electron chi connectivity index (χ4n) is 2.64. The van der Waals surface area contributed by atoms with Gasteiger partial charge in [0, 0.05) is 22.2 Å². The number of hydrogen-bond donors (Lipinski definition) is 2. The second-order valence-corrected chi connectivity index (χ2v) is 5.48. The van der Waals surface area contributed by atoms with Gasteiger partial charge in [0.25, 0.3) is 0 Å². The molecule has 23 heavy (non-hydrogen) atoms. The van der Waals surface area contributed by atoms with Gasteiger partial charge in [-0.2, -0.15) is 0 Å². The molecule has 0 bridgehead atoms. The van der Waals surface area contributed by atoms with Gasteiger partial charge in [-0.3, -0.25) is 0 Å². The van der Waals surface area contributed by atoms with E-state index in [9.17, 15) is 0 Å². The summed E-state index contributed by atoms with van der Waals surface area (Å²) < 4.78 is 0. The average Bonchev–Trinajstić information content (AvgIpc) is 2.97. The first kappa shape index (κ1) is 13.5. The third kappa shape index (κ3) is 2.79. The van der Waals surface area contributed by atoms with Crippen LogP contribution in [-0.4, -0.2) is 15.0 Å². The molecule has 0 aliphatic carbocycles. The second kappa shape index (κ2) is 5.57. The Balaban J connectivity index is 1.70. The number of H-pyrrole nitrogens is 1. The summed E-state index contributed by atoms with van der Waals surface area (Å²) in [5.74, 6) is 1.48. The smallest absolute Gasteiger partial charge is 0.229 e. The van der Waals surface area contributed by atoms with E-state index in [4.69, 9.17) is 0 Å². The lowest BCUT2D eigenvalue weighted by Gasteiger charge is -2.07. The lowest BCUT2D eigenvalue weighted by Crippen LogP contribution is -2.00. The number of aryl methyl sites for hydroxylation is 1. The van der Waals surface area contributed by atoms with E-state index >= 15 is 0 Å². The molecular weight excluding hydrogens is 284 g/mol. The maximum Gasteiger partial charge on any atom is 0.229 e. The topological polar surface area (TPSA) is 53.6 Å². The Kier molecular flexibility index (Phi) is 3.27. The average molecular weight is 300 g/mol. The molecule has 0 amide bonds. The Hall–Kier alpha value is -3.14. The van der Waals surface area contributed by atoms with Crippen molar-refractivity contribution in [3.63, 3.8) is 0 Å². The largest absolute Gasteiger partial charge is 0.341 e. The van der Waals surface area contributed by atoms with E-state index in [-0.39, 0.29) is 0 Å². The first-order valence-corrected chi connectivity index (χ1v) is 7.54. The Morgan fingerprint density at radius 2 is 1.65 bits per heavy atom. The zero-order valence-electron chi connectivity index (χ0n) is 12.7. The van der Waals surface area contributed by atoms with Gasteiger partial charge >= 0.3 is 0 Å². The Bertz CT molecular complexity index is 924. The molecule has 4 nitrogen and oxygen atoms in total. The number of nitrogens with one attached hydrogen (secondary N) is 2. The number of rotatable bonds is 3. The van der Waals surface area contributed by atoms with Crippen LogP contribution in [0.25, 0.3) is 22.2 Å². The van der Waals surface area contributed by atoms with E-state index in [1.165, 1.54) is 0 Å². The molecule has 4 heteroatoms. The molecule has 2 aromatic heterocycles. The van der Waals surface area contributed by atoms with Gasteiger partial charge in [-0.15, -0.1) is 0 Å². The summed E-state index contributed by atoms with van der Waals surface area (Å²) in [6.07, 6.45) is 0. The standard InChI is InChI=1S/C19H16N4/c1-13-11-17(14-7-3-2-4-8-14)22-19(20-13)23-18-12-15-9-5-6-10-16(15)21-18/h2-12,21H,1H3,(H,20,22,23). The summed E-state index contributed by atoms with van der Waals surface area (Å²) in [7, 11) is 0. The van der Waals surface area contributed by atoms with Crippen molar-refractivity contribution in [1.29, 1.82) is 0 Å². The third-order valence-corrected chi connectivity index (χ3v) is 3.70. The van der Waals surface area contributed by atoms with Crippen LogP contribution < -0.4 is 5.32 Å². The maximum absolute atomic E-state index is 4.63. The van der Waals surface area contributed by atoms with Crippen LogP contribution in [0.1, 0.15) is 5.69 Å². The van der Waals surface area contributed by atoms with E-state index in [2.05, 4.69) is 44.5 Å². The van der Waals surface area contributed by atoms with Gasteiger partial charge in [-0.25, -0.2) is 9.97 Å². The van der Waals surface area contributed by atoms with E-state index < -0.39 is 0 Å². The van der Waals surface area contributed by atoms with Crippen LogP contribution >= 0.6 is 0 Å². The van der Waals surface area contributed by atoms with Crippen molar-refractivity contribution in [2.24, 2.45) is 0 Å². The molecule has 2 aromatic carbocycles. The molecule has 112 valence electrons. The van der Waals surface area contributed by atoms with E-state index in [1.807, 2.05) is 49.4 Å². The fourth-order valence-corrected chi connectivity index (χ4v) is 2.64. The van der Waals surface area contributed by atoms with E-state index in [0.717, 1.165) is 33.7 Å². The quantitative estimate of drug-likeness (QED) is 0.577. The summed E-state index contributed by atoms with van der Waals surface area (Å²) >= 11 is 0. The molecule has 2 heterocycles. The van der Waals surface area contributed by atoms with Crippen molar-refractivity contribution < 1.29 is 0 Å². The third-order valence-electron chi connectivity index (χ3n) is 3.70. The maximum atomic E-state index is 4.63. The predicted molar refractivity (Wildman–Crippen MR) is 93.8 cm³/mol. The van der Waals surface area contributed by atoms with Gasteiger partial charge in [0.15, 0.2) is 0 Å². The Labute approximate surface area is 134 Å². The van der Waals surface area contributed by atoms with Crippen molar-refractivity contribution >= 4 is 22.7 Å². The van der Waals surface area contributed by atoms with Crippen LogP contribution in [-0.2, 0) is 0 Å². The van der Waals surface area contributed by atoms with Gasteiger partial charge in [0.05, 0.1) is 5.69 Å². The number of aromatic amines is 1. The lowest BCUT2D eigenvalue weighted by molar-refractivity contribution is 1.10. The van der Waals surface area contributed by atoms with Crippen LogP contribution in [0, 0.1) is 6.92 Å². The summed E-state index contributed by atoms with van der Waals surface area (Å²) in [5.41, 5.74) is 4.01. The highest BCUT2D eigenvalue weighted by atomic mass is 15.1. The monoisotopic (exact) mass is 300 g/mol. The van der Waals surface area contributed by atoms with E-state index in [1.54, 1.807) is 0 Å². The van der Waals surface area contributed by atoms with Gasteiger partial charge in [-0.05, 0) is 25.1 Å². The van der Waals surface area contributed by atoms with Crippen LogP contribution in [0.2, 0.25) is 0 Å². The van der Waals surface area contributed by atoms with Crippen molar-refractivity contribution in [1.82, 2.24) is 15.0 Å². The molecule has 0 atom stereocenters. The molecule has 0 saturated heterocycles. The molecule has 0 aliphatic rings. The molecule has 0 saturated carbocycles. The number of benzene rings is 2. The molecule has 0 unspecified atom stereocenters. The van der Waals surface area contributed by atoms with Crippen molar-refractivity contribution in [3.05, 3.63) is 72.4 Å². The van der Waals surface area contributed by atoms with Gasteiger partial charge in [0.2, 0.25) is 5.95 Å². The molecule has 0 fully saturated rings. The van der Waals surface area contributed by atoms with Crippen molar-refractivity contribution in [2.75, 3.05) is 5.32 Å². The molecule has 0 radical (unpaired) electrons. The highest BCUT2D eigenvalue weighted by molar-refractivity contribution is 5.84. The van der Waals surface area contributed by atoms with Crippen LogP contribution in [0.5, 0.6) is 0 Å². The van der Waals surface area contributed by atoms with Crippen molar-refractivity contribution in [3.8, 4) is 11.3 Å². The molecular formula is C19H16N4. The highest BCUT2D eigenvalue weighted by Crippen LogP contribution is 2.23. The van der Waals surface area contributed by atoms with E-state index in [0.29, 0.717) is 5.95 Å². The minimum atomic E-state index is 0.593. The number of para-hydroxylation sites is 1. The molecule has 4 aromatic rings. The molecule has 0 spiro atoms. The van der Waals surface area contributed by atoms with Gasteiger partial charge in [0.1, 0.15) is 5.82 Å². The predicted octanol–water partition coefficient (Wildman–Crippen LogP) is 4.68. The van der Waals surface area contributed by atoms with Gasteiger partial charge < -0.3 is 10.3 Å². The molecule has 0 aliphatic heterocycles. The second-order valence-electron chi connectivity index (χ2n) is 5.48. The van der Waals surface area contributed by atoms with Crippen LogP contribution in [0.15, 0.2) is 66.7 Å². The number of nitrogens with zero attached hydrogens (tertiary/aromatic N) is 2. The van der Waals surface area contributed by atoms with Crippen LogP contribution in [0.4, 0.5) is 11.8 Å². The minimum Gasteiger partial charge on any atom is -0.341 e. The highest BCUT2D eigenvalue weighted by Gasteiger charge is 2.06. The first-order chi connectivity index (χ1) is 11.3. The summed E-state index contributed by atoms with van der Waals surface area (Å²) in [4.78, 5) is 12.4. The Morgan fingerprint density at radius 3 is 2.48 bits per heavy atom. The summed E-state index contributed by atoms with van der Waals surface area (Å²) in [5, 5.41) is 4.42. The normalized spacial score (nSPS) is 10.8. The minimum absolute atomic E-state index is 0.593. The van der Waals surface area contributed by atoms with Crippen LogP contribution in [0.3, 0.4) is 0 Å². The number of hydrogen-bond acceptors (Lipinski definition) is 3. The summed E-state index contributed by atoms with van der Waals surface area (Å²) in [6, 6.07) is 22.3. The zero-order valence-corrected chi connectivity index (χ0v) is 12.7. The molecule has 4 rings (SSSR count). The summed E-state index contributed by atoms with van der Waals surface area (Å²) in [6.45, 7) is 1.98. The van der Waals surface area contributed by atoms with Gasteiger partial charge in [-0.1, -0.05) is 48.5 Å². The zero-order chi connectivity index (χ0) is 15.6. The number of anilines is 2.